The number of carboxylic acid groups (broad SMARTS) is 1. The van der Waals surface area contributed by atoms with Crippen LogP contribution in [-0.2, 0) is 19.1 Å². The van der Waals surface area contributed by atoms with Gasteiger partial charge in [0, 0.05) is 26.3 Å². The van der Waals surface area contributed by atoms with Gasteiger partial charge in [-0.3, -0.25) is 9.59 Å². The van der Waals surface area contributed by atoms with Crippen molar-refractivity contribution in [3.8, 4) is 0 Å². The molecule has 0 aliphatic rings. The first kappa shape index (κ1) is 23.2. The highest BCUT2D eigenvalue weighted by atomic mass is 16.7. The number of ether oxygens (including phenoxy) is 2. The molecular formula is C18H33NO6. The van der Waals surface area contributed by atoms with Crippen molar-refractivity contribution in [2.75, 3.05) is 6.54 Å². The van der Waals surface area contributed by atoms with Crippen LogP contribution in [-0.4, -0.2) is 36.0 Å². The van der Waals surface area contributed by atoms with Gasteiger partial charge >= 0.3 is 18.0 Å². The molecule has 0 aliphatic heterocycles. The summed E-state index contributed by atoms with van der Waals surface area (Å²) >= 11 is 0. The van der Waals surface area contributed by atoms with Gasteiger partial charge in [0.2, 0.25) is 6.29 Å². The monoisotopic (exact) mass is 359 g/mol. The Morgan fingerprint density at radius 1 is 1.08 bits per heavy atom. The zero-order valence-electron chi connectivity index (χ0n) is 15.9. The fraction of sp³-hybridized carbons (Fsp3) is 0.833. The van der Waals surface area contributed by atoms with E-state index in [-0.39, 0.29) is 25.3 Å². The molecule has 7 heteroatoms. The first-order chi connectivity index (χ1) is 11.8. The van der Waals surface area contributed by atoms with Gasteiger partial charge in [0.25, 0.3) is 0 Å². The Labute approximate surface area is 150 Å². The third-order valence-corrected chi connectivity index (χ3v) is 3.89. The van der Waals surface area contributed by atoms with Crippen LogP contribution in [0.3, 0.4) is 0 Å². The third-order valence-electron chi connectivity index (χ3n) is 3.89. The number of amides is 1. The molecule has 7 nitrogen and oxygen atoms in total. The molecular weight excluding hydrogens is 326 g/mol. The van der Waals surface area contributed by atoms with Crippen molar-refractivity contribution >= 4 is 18.0 Å². The van der Waals surface area contributed by atoms with E-state index in [4.69, 9.17) is 14.6 Å². The second-order valence-corrected chi connectivity index (χ2v) is 6.50. The van der Waals surface area contributed by atoms with Gasteiger partial charge < -0.3 is 19.9 Å². The van der Waals surface area contributed by atoms with E-state index in [0.29, 0.717) is 5.92 Å². The highest BCUT2D eigenvalue weighted by molar-refractivity contribution is 5.70. The van der Waals surface area contributed by atoms with Gasteiger partial charge in [-0.15, -0.1) is 0 Å². The van der Waals surface area contributed by atoms with Crippen LogP contribution in [0.2, 0.25) is 0 Å². The molecule has 0 aromatic heterocycles. The van der Waals surface area contributed by atoms with Crippen molar-refractivity contribution in [2.24, 2.45) is 11.8 Å². The SMILES string of the molecule is CCCCC[C@@H](C)C[C@H](CNC(=O)O[C@H](C)OC(=O)CC)CC(=O)O. The van der Waals surface area contributed by atoms with Crippen molar-refractivity contribution in [3.63, 3.8) is 0 Å². The van der Waals surface area contributed by atoms with E-state index >= 15 is 0 Å². The molecule has 0 rings (SSSR count). The molecule has 2 N–H and O–H groups in total. The van der Waals surface area contributed by atoms with Crippen LogP contribution in [0.5, 0.6) is 0 Å². The van der Waals surface area contributed by atoms with Gasteiger partial charge in [0.05, 0.1) is 0 Å². The lowest BCUT2D eigenvalue weighted by Gasteiger charge is -2.21. The lowest BCUT2D eigenvalue weighted by molar-refractivity contribution is -0.164. The predicted octanol–water partition coefficient (Wildman–Crippen LogP) is 3.71. The van der Waals surface area contributed by atoms with E-state index in [1.165, 1.54) is 13.3 Å². The molecule has 25 heavy (non-hydrogen) atoms. The molecule has 1 amide bonds. The molecule has 0 radical (unpaired) electrons. The zero-order valence-corrected chi connectivity index (χ0v) is 15.9. The van der Waals surface area contributed by atoms with Crippen LogP contribution in [0.15, 0.2) is 0 Å². The van der Waals surface area contributed by atoms with Gasteiger partial charge in [0.15, 0.2) is 0 Å². The molecule has 0 saturated heterocycles. The van der Waals surface area contributed by atoms with Gasteiger partial charge in [-0.2, -0.15) is 0 Å². The highest BCUT2D eigenvalue weighted by Gasteiger charge is 2.19. The number of unbranched alkanes of at least 4 members (excludes halogenated alkanes) is 2. The topological polar surface area (TPSA) is 102 Å². The second-order valence-electron chi connectivity index (χ2n) is 6.50. The van der Waals surface area contributed by atoms with E-state index in [0.717, 1.165) is 25.7 Å². The Bertz CT molecular complexity index is 412. The fourth-order valence-electron chi connectivity index (χ4n) is 2.63. The van der Waals surface area contributed by atoms with Crippen molar-refractivity contribution in [1.82, 2.24) is 5.32 Å². The molecule has 0 spiro atoms. The number of carbonyl (C=O) groups is 3. The molecule has 0 fully saturated rings. The molecule has 0 aliphatic carbocycles. The molecule has 0 bridgehead atoms. The molecule has 3 atom stereocenters. The first-order valence-electron chi connectivity index (χ1n) is 9.14. The Kier molecular flexibility index (Phi) is 12.5. The number of alkyl carbamates (subject to hydrolysis) is 1. The minimum Gasteiger partial charge on any atom is -0.481 e. The van der Waals surface area contributed by atoms with Crippen molar-refractivity contribution in [1.29, 1.82) is 0 Å². The van der Waals surface area contributed by atoms with Gasteiger partial charge in [-0.25, -0.2) is 4.79 Å². The van der Waals surface area contributed by atoms with Crippen molar-refractivity contribution < 1.29 is 29.0 Å². The summed E-state index contributed by atoms with van der Waals surface area (Å²) < 4.78 is 9.77. The van der Waals surface area contributed by atoms with Crippen LogP contribution in [0.4, 0.5) is 4.79 Å². The Balaban J connectivity index is 4.30. The average molecular weight is 359 g/mol. The molecule has 0 heterocycles. The number of carbonyl (C=O) groups excluding carboxylic acids is 2. The van der Waals surface area contributed by atoms with E-state index in [9.17, 15) is 14.4 Å². The summed E-state index contributed by atoms with van der Waals surface area (Å²) in [7, 11) is 0. The Morgan fingerprint density at radius 2 is 1.76 bits per heavy atom. The minimum atomic E-state index is -0.974. The number of nitrogens with one attached hydrogen (secondary N) is 1. The Hall–Kier alpha value is -1.79. The number of rotatable bonds is 13. The average Bonchev–Trinajstić information content (AvgIpc) is 2.52. The molecule has 0 unspecified atom stereocenters. The van der Waals surface area contributed by atoms with Crippen LogP contribution in [0, 0.1) is 11.8 Å². The standard InChI is InChI=1S/C18H33NO6/c1-5-7-8-9-13(3)10-15(11-16(20)21)12-19-18(23)25-14(4)24-17(22)6-2/h13-15H,5-12H2,1-4H3,(H,19,23)(H,20,21)/t13-,14-,15+/m1/s1. The fourth-order valence-corrected chi connectivity index (χ4v) is 2.63. The van der Waals surface area contributed by atoms with Crippen LogP contribution in [0.25, 0.3) is 0 Å². The molecule has 0 aromatic carbocycles. The van der Waals surface area contributed by atoms with Crippen molar-refractivity contribution in [3.05, 3.63) is 0 Å². The summed E-state index contributed by atoms with van der Waals surface area (Å²) in [5.41, 5.74) is 0. The normalized spacial score (nSPS) is 14.2. The maximum Gasteiger partial charge on any atom is 0.410 e. The summed E-state index contributed by atoms with van der Waals surface area (Å²) in [6.07, 6.45) is 3.75. The lowest BCUT2D eigenvalue weighted by atomic mass is 9.89. The smallest absolute Gasteiger partial charge is 0.410 e. The zero-order chi connectivity index (χ0) is 19.2. The summed E-state index contributed by atoms with van der Waals surface area (Å²) in [6.45, 7) is 7.57. The summed E-state index contributed by atoms with van der Waals surface area (Å²) in [6, 6.07) is 0. The largest absolute Gasteiger partial charge is 0.481 e. The summed E-state index contributed by atoms with van der Waals surface area (Å²) in [5.74, 6) is -1.09. The van der Waals surface area contributed by atoms with Gasteiger partial charge in [-0.1, -0.05) is 46.5 Å². The summed E-state index contributed by atoms with van der Waals surface area (Å²) in [5, 5.41) is 11.6. The first-order valence-corrected chi connectivity index (χ1v) is 9.14. The lowest BCUT2D eigenvalue weighted by Crippen LogP contribution is -2.34. The number of esters is 1. The maximum absolute atomic E-state index is 11.7. The van der Waals surface area contributed by atoms with Crippen LogP contribution < -0.4 is 5.32 Å². The highest BCUT2D eigenvalue weighted by Crippen LogP contribution is 2.20. The molecule has 0 aromatic rings. The molecule has 146 valence electrons. The Morgan fingerprint density at radius 3 is 2.32 bits per heavy atom. The minimum absolute atomic E-state index is 0.00122. The third kappa shape index (κ3) is 13.2. The van der Waals surface area contributed by atoms with Crippen molar-refractivity contribution in [2.45, 2.75) is 78.9 Å². The van der Waals surface area contributed by atoms with Crippen LogP contribution >= 0.6 is 0 Å². The van der Waals surface area contributed by atoms with E-state index < -0.39 is 24.3 Å². The van der Waals surface area contributed by atoms with Crippen LogP contribution in [0.1, 0.15) is 72.6 Å². The number of carboxylic acids is 1. The molecule has 0 saturated carbocycles. The van der Waals surface area contributed by atoms with E-state index in [2.05, 4.69) is 19.2 Å². The van der Waals surface area contributed by atoms with Gasteiger partial charge in [0.1, 0.15) is 0 Å². The summed E-state index contributed by atoms with van der Waals surface area (Å²) in [4.78, 5) is 33.9. The maximum atomic E-state index is 11.7. The van der Waals surface area contributed by atoms with E-state index in [1.807, 2.05) is 0 Å². The number of hydrogen-bond donors (Lipinski definition) is 2. The number of hydrogen-bond acceptors (Lipinski definition) is 5. The number of aliphatic carboxylic acids is 1. The predicted molar refractivity (Wildman–Crippen MR) is 94.0 cm³/mol. The van der Waals surface area contributed by atoms with E-state index in [1.54, 1.807) is 6.92 Å². The second kappa shape index (κ2) is 13.5. The van der Waals surface area contributed by atoms with Gasteiger partial charge in [-0.05, 0) is 18.3 Å². The quantitative estimate of drug-likeness (QED) is 0.295.